The van der Waals surface area contributed by atoms with Crippen LogP contribution in [0, 0.1) is 17.3 Å². The van der Waals surface area contributed by atoms with Gasteiger partial charge < -0.3 is 4.40 Å². The number of benzene rings is 7. The van der Waals surface area contributed by atoms with Gasteiger partial charge in [-0.15, -0.1) is 0 Å². The molecule has 9 aliphatic rings. The first kappa shape index (κ1) is 36.2. The number of rotatable bonds is 1. The van der Waals surface area contributed by atoms with E-state index in [2.05, 4.69) is 132 Å². The van der Waals surface area contributed by atoms with Crippen molar-refractivity contribution in [3.8, 4) is 33.4 Å². The van der Waals surface area contributed by atoms with Crippen LogP contribution in [0.4, 0.5) is 0 Å². The first-order valence-electron chi connectivity index (χ1n) is 25.9. The van der Waals surface area contributed by atoms with E-state index < -0.39 is 0 Å². The number of ketones is 1. The van der Waals surface area contributed by atoms with Gasteiger partial charge in [0.2, 0.25) is 0 Å². The van der Waals surface area contributed by atoms with Gasteiger partial charge in [-0.1, -0.05) is 123 Å². The van der Waals surface area contributed by atoms with Crippen molar-refractivity contribution < 1.29 is 4.79 Å². The number of fused-ring (bicyclic) bond motifs is 18. The molecule has 2 nitrogen and oxygen atoms in total. The standard InChI is InChI=1S/C64H53NO/c66-61-48-34-56-46(33-54(48)62(22-7-8-23-62)35-63(61)24-9-10-25-63)47-31-39(32-49-59-55(65(56)60(47)49)21-20-42-38-27-36-26-37(28-38)30-40(29-36)57(42)59)41-15-11-19-53-58(41)45-14-3-6-18-52(45)64(53)50-16-4-1-12-43(50)44-13-2-5-17-51(44)64/h1-6,11-21,31-34,36-38,40H,7-10,22-30,35H2. The van der Waals surface area contributed by atoms with E-state index in [0.717, 1.165) is 36.7 Å². The van der Waals surface area contributed by atoms with Gasteiger partial charge in [0.15, 0.2) is 5.78 Å². The Balaban J connectivity index is 0.998. The van der Waals surface area contributed by atoms with E-state index in [-0.39, 0.29) is 16.2 Å². The largest absolute Gasteiger partial charge is 0.308 e. The summed E-state index contributed by atoms with van der Waals surface area (Å²) in [5.74, 6) is 3.47. The smallest absolute Gasteiger partial charge is 0.169 e. The molecule has 4 fully saturated rings. The molecule has 7 aromatic carbocycles. The van der Waals surface area contributed by atoms with Crippen LogP contribution in [-0.2, 0) is 10.8 Å². The Hall–Kier alpha value is -5.99. The Morgan fingerprint density at radius 3 is 1.80 bits per heavy atom. The molecular formula is C64H53NO. The lowest BCUT2D eigenvalue weighted by molar-refractivity contribution is 0.0689. The van der Waals surface area contributed by atoms with Gasteiger partial charge in [0.1, 0.15) is 0 Å². The third-order valence-corrected chi connectivity index (χ3v) is 20.2. The molecule has 4 saturated carbocycles. The lowest BCUT2D eigenvalue weighted by Gasteiger charge is -2.45. The first-order chi connectivity index (χ1) is 32.5. The van der Waals surface area contributed by atoms with Gasteiger partial charge in [-0.05, 0) is 196 Å². The second kappa shape index (κ2) is 12.1. The van der Waals surface area contributed by atoms with Crippen LogP contribution >= 0.6 is 0 Å². The van der Waals surface area contributed by atoms with E-state index in [1.165, 1.54) is 170 Å². The van der Waals surface area contributed by atoms with Crippen LogP contribution in [0.3, 0.4) is 0 Å². The molecule has 0 aliphatic heterocycles. The molecule has 9 aliphatic carbocycles. The van der Waals surface area contributed by atoms with E-state index in [0.29, 0.717) is 17.6 Å². The minimum atomic E-state index is -0.383. The lowest BCUT2D eigenvalue weighted by Crippen LogP contribution is -2.43. The van der Waals surface area contributed by atoms with Gasteiger partial charge in [0.05, 0.1) is 22.0 Å². The fraction of sp³-hybridized carbons (Fsp3) is 0.328. The molecule has 0 saturated heterocycles. The average Bonchev–Trinajstić information content (AvgIpc) is 4.21. The Bertz CT molecular complexity index is 3620. The zero-order valence-corrected chi connectivity index (χ0v) is 37.7. The predicted octanol–water partition coefficient (Wildman–Crippen LogP) is 16.2. The third kappa shape index (κ3) is 4.12. The summed E-state index contributed by atoms with van der Waals surface area (Å²) < 4.78 is 2.66. The SMILES string of the molecule is O=C1c2cc3c(cc2C2(CCCC2)CC12CCCC2)c1cc(-c2cccc4c2-c2ccccc2C42c4ccccc4-c4ccccc42)cc2c4c5c(ccc4n3c12)C1CC2CC(C1)CC5C2. The Labute approximate surface area is 386 Å². The summed E-state index contributed by atoms with van der Waals surface area (Å²) in [6, 6.07) is 50.3. The molecule has 0 N–H and O–H groups in total. The van der Waals surface area contributed by atoms with Crippen LogP contribution in [0.2, 0.25) is 0 Å². The number of hydrogen-bond donors (Lipinski definition) is 0. The Morgan fingerprint density at radius 1 is 0.470 bits per heavy atom. The van der Waals surface area contributed by atoms with E-state index in [1.54, 1.807) is 11.1 Å². The van der Waals surface area contributed by atoms with Gasteiger partial charge in [0, 0.05) is 32.5 Å². The highest BCUT2D eigenvalue weighted by Gasteiger charge is 2.55. The van der Waals surface area contributed by atoms with Crippen molar-refractivity contribution >= 4 is 43.9 Å². The summed E-state index contributed by atoms with van der Waals surface area (Å²) in [6.45, 7) is 0. The van der Waals surface area contributed by atoms with Gasteiger partial charge in [-0.3, -0.25) is 4.79 Å². The summed E-state index contributed by atoms with van der Waals surface area (Å²) in [4.78, 5) is 15.2. The summed E-state index contributed by atoms with van der Waals surface area (Å²) in [5, 5.41) is 5.65. The van der Waals surface area contributed by atoms with Crippen LogP contribution in [-0.4, -0.2) is 10.2 Å². The van der Waals surface area contributed by atoms with Crippen molar-refractivity contribution in [2.24, 2.45) is 17.3 Å². The van der Waals surface area contributed by atoms with E-state index in [4.69, 9.17) is 0 Å². The third-order valence-electron chi connectivity index (χ3n) is 20.2. The second-order valence-electron chi connectivity index (χ2n) is 23.0. The number of nitrogens with zero attached hydrogens (tertiary/aromatic N) is 1. The van der Waals surface area contributed by atoms with E-state index >= 15 is 4.79 Å². The first-order valence-corrected chi connectivity index (χ1v) is 25.9. The number of carbonyl (C=O) groups is 1. The van der Waals surface area contributed by atoms with Crippen molar-refractivity contribution in [1.29, 1.82) is 0 Å². The number of Topliss-reactive ketones (excluding diaryl/α,β-unsaturated/α-hetero) is 1. The maximum absolute atomic E-state index is 15.2. The highest BCUT2D eigenvalue weighted by atomic mass is 16.1. The fourth-order valence-corrected chi connectivity index (χ4v) is 18.1. The molecule has 0 radical (unpaired) electrons. The fourth-order valence-electron chi connectivity index (χ4n) is 18.1. The molecular weight excluding hydrogens is 799 g/mol. The summed E-state index contributed by atoms with van der Waals surface area (Å²) in [7, 11) is 0. The molecule has 320 valence electrons. The lowest BCUT2D eigenvalue weighted by atomic mass is 9.57. The maximum Gasteiger partial charge on any atom is 0.169 e. The zero-order valence-electron chi connectivity index (χ0n) is 37.7. The zero-order chi connectivity index (χ0) is 42.8. The number of hydrogen-bond acceptors (Lipinski definition) is 1. The van der Waals surface area contributed by atoms with Crippen LogP contribution in [0.25, 0.3) is 71.5 Å². The van der Waals surface area contributed by atoms with Crippen molar-refractivity contribution in [3.05, 3.63) is 172 Å². The monoisotopic (exact) mass is 851 g/mol. The average molecular weight is 852 g/mol. The maximum atomic E-state index is 15.2. The summed E-state index contributed by atoms with van der Waals surface area (Å²) >= 11 is 0. The molecule has 9 aromatic rings. The van der Waals surface area contributed by atoms with Crippen LogP contribution in [0.15, 0.2) is 127 Å². The van der Waals surface area contributed by atoms with Crippen LogP contribution < -0.4 is 0 Å². The van der Waals surface area contributed by atoms with Crippen LogP contribution in [0.5, 0.6) is 0 Å². The van der Waals surface area contributed by atoms with Crippen molar-refractivity contribution in [2.75, 3.05) is 0 Å². The minimum Gasteiger partial charge on any atom is -0.308 e. The molecule has 2 heterocycles. The van der Waals surface area contributed by atoms with E-state index in [1.807, 2.05) is 0 Å². The van der Waals surface area contributed by atoms with Gasteiger partial charge in [0.25, 0.3) is 0 Å². The molecule has 66 heavy (non-hydrogen) atoms. The summed E-state index contributed by atoms with van der Waals surface area (Å²) in [5.41, 5.74) is 23.0. The molecule has 0 amide bonds. The van der Waals surface area contributed by atoms with E-state index in [9.17, 15) is 0 Å². The number of aromatic nitrogens is 1. The van der Waals surface area contributed by atoms with Gasteiger partial charge in [-0.25, -0.2) is 0 Å². The minimum absolute atomic E-state index is 0.112. The molecule has 18 rings (SSSR count). The van der Waals surface area contributed by atoms with Gasteiger partial charge in [-0.2, -0.15) is 0 Å². The molecule has 2 aromatic heterocycles. The highest BCUT2D eigenvalue weighted by molar-refractivity contribution is 6.26. The molecule has 2 heteroatoms. The molecule has 3 spiro atoms. The van der Waals surface area contributed by atoms with Crippen molar-refractivity contribution in [2.45, 2.75) is 113 Å². The quantitative estimate of drug-likeness (QED) is 0.161. The van der Waals surface area contributed by atoms with Crippen molar-refractivity contribution in [1.82, 2.24) is 4.40 Å². The Kier molecular flexibility index (Phi) is 6.64. The molecule has 2 unspecified atom stereocenters. The molecule has 4 bridgehead atoms. The normalized spacial score (nSPS) is 25.1. The molecule has 2 atom stereocenters. The van der Waals surface area contributed by atoms with Crippen LogP contribution in [0.1, 0.15) is 151 Å². The summed E-state index contributed by atoms with van der Waals surface area (Å²) in [6.07, 6.45) is 17.5. The van der Waals surface area contributed by atoms with Gasteiger partial charge >= 0.3 is 0 Å². The highest BCUT2D eigenvalue weighted by Crippen LogP contribution is 2.65. The topological polar surface area (TPSA) is 21.5 Å². The predicted molar refractivity (Wildman–Crippen MR) is 268 cm³/mol. The number of carbonyl (C=O) groups excluding carboxylic acids is 1. The second-order valence-corrected chi connectivity index (χ2v) is 23.0. The van der Waals surface area contributed by atoms with Crippen molar-refractivity contribution in [3.63, 3.8) is 0 Å². The Morgan fingerprint density at radius 2 is 1.08 bits per heavy atom.